The maximum atomic E-state index is 12.6. The van der Waals surface area contributed by atoms with E-state index in [1.54, 1.807) is 12.1 Å². The van der Waals surface area contributed by atoms with Gasteiger partial charge in [0.2, 0.25) is 0 Å². The summed E-state index contributed by atoms with van der Waals surface area (Å²) in [5.74, 6) is 0.627. The molecule has 3 rings (SSSR count). The van der Waals surface area contributed by atoms with Gasteiger partial charge < -0.3 is 9.47 Å². The summed E-state index contributed by atoms with van der Waals surface area (Å²) in [5, 5.41) is 4.25. The highest BCUT2D eigenvalue weighted by Crippen LogP contribution is 2.24. The van der Waals surface area contributed by atoms with E-state index in [0.29, 0.717) is 31.3 Å². The largest absolute Gasteiger partial charge is 0.494 e. The van der Waals surface area contributed by atoms with Crippen LogP contribution in [0.15, 0.2) is 64.6 Å². The van der Waals surface area contributed by atoms with Crippen LogP contribution in [-0.4, -0.2) is 51.9 Å². The second-order valence-electron chi connectivity index (χ2n) is 6.71. The molecule has 2 aromatic rings. The number of nitrogens with one attached hydrogen (secondary N) is 1. The van der Waals surface area contributed by atoms with Gasteiger partial charge in [-0.25, -0.2) is 4.83 Å². The van der Waals surface area contributed by atoms with Crippen molar-refractivity contribution in [2.75, 3.05) is 32.9 Å². The van der Waals surface area contributed by atoms with E-state index in [2.05, 4.69) is 14.8 Å². The summed E-state index contributed by atoms with van der Waals surface area (Å²) >= 11 is 0. The molecule has 156 valence electrons. The van der Waals surface area contributed by atoms with E-state index in [-0.39, 0.29) is 10.9 Å². The number of ether oxygens (including phenoxy) is 2. The van der Waals surface area contributed by atoms with Crippen molar-refractivity contribution >= 4 is 15.7 Å². The molecule has 0 aromatic heterocycles. The first kappa shape index (κ1) is 21.3. The van der Waals surface area contributed by atoms with Crippen molar-refractivity contribution in [1.82, 2.24) is 9.73 Å². The summed E-state index contributed by atoms with van der Waals surface area (Å²) in [7, 11) is -3.77. The van der Waals surface area contributed by atoms with E-state index in [0.717, 1.165) is 18.7 Å². The second kappa shape index (κ2) is 9.87. The first-order chi connectivity index (χ1) is 14.0. The number of hydrazone groups is 1. The van der Waals surface area contributed by atoms with Gasteiger partial charge in [0, 0.05) is 13.1 Å². The van der Waals surface area contributed by atoms with E-state index >= 15 is 0 Å². The highest BCUT2D eigenvalue weighted by atomic mass is 32.2. The van der Waals surface area contributed by atoms with Gasteiger partial charge in [-0.2, -0.15) is 13.5 Å². The van der Waals surface area contributed by atoms with Gasteiger partial charge in [-0.1, -0.05) is 30.3 Å². The topological polar surface area (TPSA) is 80.2 Å². The van der Waals surface area contributed by atoms with E-state index in [1.807, 2.05) is 44.2 Å². The fraction of sp³-hybridized carbons (Fsp3) is 0.381. The molecule has 1 aliphatic heterocycles. The van der Waals surface area contributed by atoms with Crippen LogP contribution in [0.4, 0.5) is 0 Å². The number of hydrogen-bond donors (Lipinski definition) is 1. The number of nitrogens with zero attached hydrogens (tertiary/aromatic N) is 2. The lowest BCUT2D eigenvalue weighted by Crippen LogP contribution is -2.42. The van der Waals surface area contributed by atoms with Gasteiger partial charge in [-0.15, -0.1) is 0 Å². The Bertz CT molecular complexity index is 909. The van der Waals surface area contributed by atoms with Crippen LogP contribution in [0.1, 0.15) is 25.5 Å². The highest BCUT2D eigenvalue weighted by molar-refractivity contribution is 7.89. The summed E-state index contributed by atoms with van der Waals surface area (Å²) < 4.78 is 36.1. The quantitative estimate of drug-likeness (QED) is 0.528. The number of benzene rings is 2. The molecule has 0 spiro atoms. The Labute approximate surface area is 172 Å². The number of hydrogen-bond acceptors (Lipinski definition) is 6. The number of rotatable bonds is 8. The van der Waals surface area contributed by atoms with E-state index in [1.165, 1.54) is 12.1 Å². The molecular weight excluding hydrogens is 390 g/mol. The van der Waals surface area contributed by atoms with Crippen molar-refractivity contribution in [2.45, 2.75) is 24.8 Å². The molecule has 0 unspecified atom stereocenters. The molecule has 8 heteroatoms. The third-order valence-corrected chi connectivity index (χ3v) is 5.93. The van der Waals surface area contributed by atoms with Crippen LogP contribution >= 0.6 is 0 Å². The molecular formula is C21H27N3O4S. The van der Waals surface area contributed by atoms with Gasteiger partial charge in [-0.3, -0.25) is 4.90 Å². The molecule has 0 amide bonds. The van der Waals surface area contributed by atoms with Gasteiger partial charge in [0.15, 0.2) is 0 Å². The van der Waals surface area contributed by atoms with Crippen LogP contribution in [0.25, 0.3) is 0 Å². The lowest BCUT2D eigenvalue weighted by molar-refractivity contribution is 0.0285. The predicted molar refractivity (Wildman–Crippen MR) is 113 cm³/mol. The van der Waals surface area contributed by atoms with Crippen molar-refractivity contribution in [2.24, 2.45) is 5.10 Å². The zero-order valence-corrected chi connectivity index (χ0v) is 17.6. The first-order valence-electron chi connectivity index (χ1n) is 9.67. The van der Waals surface area contributed by atoms with Gasteiger partial charge in [0.1, 0.15) is 5.75 Å². The third kappa shape index (κ3) is 5.56. The molecule has 0 aliphatic carbocycles. The van der Waals surface area contributed by atoms with E-state index < -0.39 is 10.0 Å². The maximum absolute atomic E-state index is 12.6. The summed E-state index contributed by atoms with van der Waals surface area (Å²) in [6.45, 7) is 7.06. The third-order valence-electron chi connectivity index (χ3n) is 4.71. The van der Waals surface area contributed by atoms with E-state index in [4.69, 9.17) is 9.47 Å². The standard InChI is InChI=1S/C21H27N3O4S/c1-3-28-19-9-11-20(12-10-19)29(25,26)23-22-17(2)21(18-7-5-4-6-8-18)24-13-15-27-16-14-24/h4-12,21,23H,3,13-16H2,1-2H3/b22-17-/t21-/m0/s1. The van der Waals surface area contributed by atoms with Crippen LogP contribution < -0.4 is 9.57 Å². The summed E-state index contributed by atoms with van der Waals surface area (Å²) in [6.07, 6.45) is 0. The lowest BCUT2D eigenvalue weighted by Gasteiger charge is -2.34. The van der Waals surface area contributed by atoms with Crippen molar-refractivity contribution in [1.29, 1.82) is 0 Å². The number of sulfonamides is 1. The van der Waals surface area contributed by atoms with Gasteiger partial charge >= 0.3 is 0 Å². The Morgan fingerprint density at radius 1 is 1.14 bits per heavy atom. The molecule has 1 heterocycles. The van der Waals surface area contributed by atoms with Crippen molar-refractivity contribution in [3.05, 3.63) is 60.2 Å². The van der Waals surface area contributed by atoms with Crippen LogP contribution in [0.5, 0.6) is 5.75 Å². The van der Waals surface area contributed by atoms with Crippen molar-refractivity contribution in [3.8, 4) is 5.75 Å². The molecule has 0 radical (unpaired) electrons. The Kier molecular flexibility index (Phi) is 7.24. The van der Waals surface area contributed by atoms with Crippen LogP contribution in [0, 0.1) is 0 Å². The molecule has 1 saturated heterocycles. The Morgan fingerprint density at radius 3 is 2.41 bits per heavy atom. The minimum Gasteiger partial charge on any atom is -0.494 e. The normalized spacial score (nSPS) is 17.0. The van der Waals surface area contributed by atoms with E-state index in [9.17, 15) is 8.42 Å². The fourth-order valence-corrected chi connectivity index (χ4v) is 4.18. The Balaban J connectivity index is 1.80. The van der Waals surface area contributed by atoms with Crippen LogP contribution in [0.3, 0.4) is 0 Å². The smallest absolute Gasteiger partial charge is 0.276 e. The monoisotopic (exact) mass is 417 g/mol. The molecule has 1 atom stereocenters. The SMILES string of the molecule is CCOc1ccc(S(=O)(=O)N/N=C(/C)[C@@H](c2ccccc2)N2CCOCC2)cc1. The second-order valence-corrected chi connectivity index (χ2v) is 8.37. The molecule has 1 aliphatic rings. The fourth-order valence-electron chi connectivity index (χ4n) is 3.31. The number of morpholine rings is 1. The Morgan fingerprint density at radius 2 is 1.79 bits per heavy atom. The summed E-state index contributed by atoms with van der Waals surface area (Å²) in [6, 6.07) is 16.1. The highest BCUT2D eigenvalue weighted by Gasteiger charge is 2.25. The van der Waals surface area contributed by atoms with Gasteiger partial charge in [-0.05, 0) is 43.7 Å². The zero-order valence-electron chi connectivity index (χ0n) is 16.7. The van der Waals surface area contributed by atoms with Crippen molar-refractivity contribution < 1.29 is 17.9 Å². The predicted octanol–water partition coefficient (Wildman–Crippen LogP) is 2.81. The van der Waals surface area contributed by atoms with Crippen LogP contribution in [0.2, 0.25) is 0 Å². The van der Waals surface area contributed by atoms with Gasteiger partial charge in [0.25, 0.3) is 10.0 Å². The zero-order chi connectivity index (χ0) is 20.7. The molecule has 2 aromatic carbocycles. The van der Waals surface area contributed by atoms with Gasteiger partial charge in [0.05, 0.1) is 36.5 Å². The molecule has 1 N–H and O–H groups in total. The molecule has 0 bridgehead atoms. The molecule has 29 heavy (non-hydrogen) atoms. The average molecular weight is 418 g/mol. The van der Waals surface area contributed by atoms with Crippen molar-refractivity contribution in [3.63, 3.8) is 0 Å². The average Bonchev–Trinajstić information content (AvgIpc) is 2.75. The maximum Gasteiger partial charge on any atom is 0.276 e. The summed E-state index contributed by atoms with van der Waals surface area (Å²) in [5.41, 5.74) is 1.74. The minimum atomic E-state index is -3.77. The first-order valence-corrected chi connectivity index (χ1v) is 11.1. The minimum absolute atomic E-state index is 0.122. The van der Waals surface area contributed by atoms with Crippen LogP contribution in [-0.2, 0) is 14.8 Å². The Hall–Kier alpha value is -2.42. The molecule has 7 nitrogen and oxygen atoms in total. The summed E-state index contributed by atoms with van der Waals surface area (Å²) in [4.78, 5) is 4.77. The molecule has 0 saturated carbocycles. The molecule has 1 fully saturated rings. The lowest BCUT2D eigenvalue weighted by atomic mass is 10.0.